The van der Waals surface area contributed by atoms with Gasteiger partial charge in [0.05, 0.1) is 63.3 Å². The van der Waals surface area contributed by atoms with Gasteiger partial charge in [-0.3, -0.25) is 47.8 Å². The van der Waals surface area contributed by atoms with Crippen molar-refractivity contribution < 1.29 is 67.3 Å². The highest BCUT2D eigenvalue weighted by Crippen LogP contribution is 2.39. The van der Waals surface area contributed by atoms with E-state index in [2.05, 4.69) is 33.2 Å². The van der Waals surface area contributed by atoms with Crippen LogP contribution in [0.1, 0.15) is 71.9 Å². The third kappa shape index (κ3) is 21.6. The van der Waals surface area contributed by atoms with Crippen LogP contribution < -0.4 is 22.1 Å². The summed E-state index contributed by atoms with van der Waals surface area (Å²) in [5.74, 6) is -9.05. The number of Topliss-reactive ketones (excluding diaryl/α,β-unsaturated/α-hetero) is 3. The molecule has 0 radical (unpaired) electrons. The van der Waals surface area contributed by atoms with Crippen LogP contribution in [0.3, 0.4) is 0 Å². The topological polar surface area (TPSA) is 341 Å². The monoisotopic (exact) mass is 891 g/mol. The summed E-state index contributed by atoms with van der Waals surface area (Å²) in [5.41, 5.74) is 11.5. The van der Waals surface area contributed by atoms with Crippen LogP contribution in [0.5, 0.6) is 0 Å². The lowest BCUT2D eigenvalue weighted by atomic mass is 9.87. The van der Waals surface area contributed by atoms with E-state index in [1.54, 1.807) is 13.8 Å². The average Bonchev–Trinajstić information content (AvgIpc) is 3.68. The third-order valence-electron chi connectivity index (χ3n) is 9.29. The number of carbonyl (C=O) groups excluding carboxylic acids is 8. The Morgan fingerprint density at radius 2 is 1.57 bits per heavy atom. The van der Waals surface area contributed by atoms with Gasteiger partial charge in [0.25, 0.3) is 0 Å². The molecule has 340 valence electrons. The van der Waals surface area contributed by atoms with Gasteiger partial charge in [0.1, 0.15) is 18.4 Å². The number of aromatic amines is 1. The molecule has 1 aromatic heterocycles. The molecule has 1 aromatic rings. The maximum Gasteiger partial charge on any atom is 0.325 e. The zero-order valence-electron chi connectivity index (χ0n) is 34.6. The van der Waals surface area contributed by atoms with Crippen LogP contribution in [-0.2, 0) is 58.8 Å². The molecule has 10 N–H and O–H groups in total. The van der Waals surface area contributed by atoms with Crippen molar-refractivity contribution in [2.75, 3.05) is 51.5 Å². The fourth-order valence-electron chi connectivity index (χ4n) is 6.02. The van der Waals surface area contributed by atoms with Gasteiger partial charge in [0, 0.05) is 62.8 Å². The van der Waals surface area contributed by atoms with Crippen molar-refractivity contribution in [1.82, 2.24) is 25.5 Å². The summed E-state index contributed by atoms with van der Waals surface area (Å²) in [4.78, 5) is 129. The highest BCUT2D eigenvalue weighted by atomic mass is 32.1. The Hall–Kier alpha value is -3.89. The Morgan fingerprint density at radius 3 is 2.10 bits per heavy atom. The number of nitrogens with one attached hydrogen (secondary N) is 3. The lowest BCUT2D eigenvalue weighted by Gasteiger charge is -2.26. The zero-order valence-corrected chi connectivity index (χ0v) is 36.4. The molecule has 0 unspecified atom stereocenters. The number of hydrogen-bond acceptors (Lipinski definition) is 15. The molecule has 60 heavy (non-hydrogen) atoms. The molecule has 1 heterocycles. The van der Waals surface area contributed by atoms with Crippen LogP contribution in [0.15, 0.2) is 12.5 Å². The number of rotatable bonds is 32. The van der Waals surface area contributed by atoms with Gasteiger partial charge in [-0.15, -0.1) is 0 Å². The minimum Gasteiger partial charge on any atom is -0.394 e. The summed E-state index contributed by atoms with van der Waals surface area (Å²) >= 11 is 3.99. The third-order valence-corrected chi connectivity index (χ3v) is 10.7. The molecule has 0 saturated carbocycles. The number of amides is 5. The number of aliphatic hydroxyl groups excluding tert-OH is 1. The van der Waals surface area contributed by atoms with E-state index in [1.165, 1.54) is 19.4 Å². The van der Waals surface area contributed by atoms with E-state index >= 15 is 0 Å². The molecule has 0 aliphatic heterocycles. The lowest BCUT2D eigenvalue weighted by Crippen LogP contribution is -2.50. The summed E-state index contributed by atoms with van der Waals surface area (Å²) in [7, 11) is -4.58. The number of thiol groups is 1. The van der Waals surface area contributed by atoms with E-state index in [4.69, 9.17) is 20.9 Å². The first-order valence-electron chi connectivity index (χ1n) is 19.5. The maximum absolute atomic E-state index is 13.8. The van der Waals surface area contributed by atoms with Crippen molar-refractivity contribution in [3.05, 3.63) is 18.2 Å². The number of imide groups is 1. The van der Waals surface area contributed by atoms with Crippen molar-refractivity contribution in [3.8, 4) is 0 Å². The predicted octanol–water partition coefficient (Wildman–Crippen LogP) is -1.19. The van der Waals surface area contributed by atoms with Crippen molar-refractivity contribution in [2.24, 2.45) is 35.1 Å². The molecule has 0 spiro atoms. The predicted molar refractivity (Wildman–Crippen MR) is 219 cm³/mol. The highest BCUT2D eigenvalue weighted by Gasteiger charge is 2.35. The number of hydrogen-bond donors (Lipinski definition) is 9. The molecule has 0 bridgehead atoms. The molecule has 0 aromatic carbocycles. The first kappa shape index (κ1) is 54.1. The van der Waals surface area contributed by atoms with E-state index in [-0.39, 0.29) is 63.0 Å². The van der Waals surface area contributed by atoms with Gasteiger partial charge in [-0.25, -0.2) is 4.98 Å². The Morgan fingerprint density at radius 1 is 0.933 bits per heavy atom. The van der Waals surface area contributed by atoms with Crippen LogP contribution in [0.25, 0.3) is 0 Å². The average molecular weight is 892 g/mol. The molecular weight excluding hydrogens is 829 g/mol. The smallest absolute Gasteiger partial charge is 0.325 e. The van der Waals surface area contributed by atoms with Gasteiger partial charge in [-0.05, 0) is 24.7 Å². The number of aromatic nitrogens is 2. The second-order valence-corrected chi connectivity index (χ2v) is 17.0. The first-order valence-corrected chi connectivity index (χ1v) is 22.0. The molecule has 1 rings (SSSR count). The normalized spacial score (nSPS) is 14.6. The minimum absolute atomic E-state index is 0.0820. The number of ketones is 3. The SMILES string of the molecule is CC(=O)N(CC(=O)N[C@@H](CC(C)C)C(=O)C[C@@H](Cc1cnc[nH]1)C(=O)N[C@@H](CO)C(=O)C[C@H](C(N)=O)[C@@H](C)CP(=O)(O)O)C(=O)CCOCCOCCCC(=O)[C@@H](N)CS. The van der Waals surface area contributed by atoms with Gasteiger partial charge in [-0.1, -0.05) is 20.8 Å². The molecule has 6 atom stereocenters. The number of nitrogens with zero attached hydrogens (tertiary/aromatic N) is 2. The second kappa shape index (κ2) is 27.9. The van der Waals surface area contributed by atoms with Crippen molar-refractivity contribution in [3.63, 3.8) is 0 Å². The highest BCUT2D eigenvalue weighted by molar-refractivity contribution is 7.80. The Balaban J connectivity index is 2.95. The molecule has 0 aliphatic carbocycles. The number of ether oxygens (including phenoxy) is 2. The van der Waals surface area contributed by atoms with Crippen molar-refractivity contribution >= 4 is 67.1 Å². The minimum atomic E-state index is -4.58. The summed E-state index contributed by atoms with van der Waals surface area (Å²) < 4.78 is 22.3. The van der Waals surface area contributed by atoms with Crippen LogP contribution in [0.2, 0.25) is 0 Å². The molecule has 23 heteroatoms. The fraction of sp³-hybridized carbons (Fsp3) is 0.703. The Labute approximate surface area is 354 Å². The lowest BCUT2D eigenvalue weighted by molar-refractivity contribution is -0.147. The van der Waals surface area contributed by atoms with Crippen LogP contribution in [0.4, 0.5) is 0 Å². The van der Waals surface area contributed by atoms with Gasteiger partial charge < -0.3 is 51.5 Å². The summed E-state index contributed by atoms with van der Waals surface area (Å²) in [6, 6.07) is -3.36. The second-order valence-electron chi connectivity index (χ2n) is 15.0. The van der Waals surface area contributed by atoms with E-state index < -0.39 is 117 Å². The fourth-order valence-corrected chi connectivity index (χ4v) is 7.23. The van der Waals surface area contributed by atoms with Crippen molar-refractivity contribution in [2.45, 2.75) is 90.8 Å². The number of aliphatic hydroxyl groups is 1. The van der Waals surface area contributed by atoms with Gasteiger partial charge in [0.15, 0.2) is 11.6 Å². The summed E-state index contributed by atoms with van der Waals surface area (Å²) in [5, 5.41) is 15.0. The number of imidazole rings is 1. The largest absolute Gasteiger partial charge is 0.394 e. The van der Waals surface area contributed by atoms with Crippen LogP contribution >= 0.6 is 20.2 Å². The number of H-pyrrole nitrogens is 1. The van der Waals surface area contributed by atoms with E-state index in [1.807, 2.05) is 0 Å². The molecule has 0 saturated heterocycles. The molecular formula is C37H62N7O14PS. The number of carbonyl (C=O) groups is 8. The molecule has 0 fully saturated rings. The van der Waals surface area contributed by atoms with Gasteiger partial charge in [-0.2, -0.15) is 12.6 Å². The van der Waals surface area contributed by atoms with E-state index in [0.29, 0.717) is 18.7 Å². The maximum atomic E-state index is 13.8. The Bertz CT molecular complexity index is 1630. The van der Waals surface area contributed by atoms with Gasteiger partial charge >= 0.3 is 7.60 Å². The van der Waals surface area contributed by atoms with E-state index in [9.17, 15) is 57.8 Å². The van der Waals surface area contributed by atoms with Crippen LogP contribution in [-0.4, -0.2) is 146 Å². The summed E-state index contributed by atoms with van der Waals surface area (Å²) in [6.07, 6.45) is 1.42. The van der Waals surface area contributed by atoms with Gasteiger partial charge in [0.2, 0.25) is 29.5 Å². The summed E-state index contributed by atoms with van der Waals surface area (Å²) in [6.45, 7) is 4.93. The molecule has 0 aliphatic rings. The van der Waals surface area contributed by atoms with Crippen LogP contribution in [0, 0.1) is 23.7 Å². The molecule has 5 amide bonds. The quantitative estimate of drug-likeness (QED) is 0.0233. The first-order chi connectivity index (χ1) is 28.1. The van der Waals surface area contributed by atoms with Crippen molar-refractivity contribution in [1.29, 1.82) is 0 Å². The van der Waals surface area contributed by atoms with E-state index in [0.717, 1.165) is 11.8 Å². The number of primary amides is 1. The standard InChI is InChI=1S/C37H62N7O14PS/c1-22(2)12-29(42-34(50)17-44(24(4)46)35(51)7-9-58-11-10-57-8-5-6-31(47)28(38)20-60)32(48)14-25(13-26-16-40-21-41-26)37(53)43-30(18-45)33(49)15-27(36(39)52)23(3)19-59(54,55)56/h16,21-23,25,27-30,45,60H,5-15,17-20,38H2,1-4H3,(H2,39,52)(H,40,41)(H,42,50)(H,43,53)(H2,54,55,56)/t23-,25+,27-,28-,29-,30-/m0/s1. The Kier molecular flexibility index (Phi) is 25.1. The zero-order chi connectivity index (χ0) is 45.6. The molecule has 21 nitrogen and oxygen atoms in total. The number of nitrogens with two attached hydrogens (primary N) is 2.